The van der Waals surface area contributed by atoms with E-state index in [2.05, 4.69) is 25.8 Å². The van der Waals surface area contributed by atoms with Crippen molar-refractivity contribution in [2.45, 2.75) is 39.5 Å². The number of unbranched alkanes of at least 4 members (excludes halogenated alkanes) is 1. The first-order valence-electron chi connectivity index (χ1n) is 5.84. The number of rotatable bonds is 9. The van der Waals surface area contributed by atoms with E-state index >= 15 is 0 Å². The van der Waals surface area contributed by atoms with Gasteiger partial charge in [-0.3, -0.25) is 0 Å². The second kappa shape index (κ2) is 9.47. The maximum atomic E-state index is 5.02. The molecule has 0 aliphatic carbocycles. The Morgan fingerprint density at radius 3 is 2.29 bits per heavy atom. The lowest BCUT2D eigenvalue weighted by Crippen LogP contribution is -2.21. The van der Waals surface area contributed by atoms with Gasteiger partial charge >= 0.3 is 0 Å². The van der Waals surface area contributed by atoms with Gasteiger partial charge in [0.2, 0.25) is 0 Å². The Morgan fingerprint density at radius 1 is 1.07 bits per heavy atom. The summed E-state index contributed by atoms with van der Waals surface area (Å²) in [5, 5.41) is 0. The summed E-state index contributed by atoms with van der Waals surface area (Å²) in [5.41, 5.74) is 0. The molecule has 2 heteroatoms. The molecule has 0 N–H and O–H groups in total. The number of hydrogen-bond acceptors (Lipinski definition) is 2. The molecule has 0 saturated heterocycles. The molecule has 0 atom stereocenters. The van der Waals surface area contributed by atoms with E-state index in [4.69, 9.17) is 4.74 Å². The molecule has 0 spiro atoms. The third kappa shape index (κ3) is 10.0. The SMILES string of the molecule is COCCCCN(C)CCCC(C)C. The highest BCUT2D eigenvalue weighted by Crippen LogP contribution is 2.04. The number of ether oxygens (including phenoxy) is 1. The van der Waals surface area contributed by atoms with Gasteiger partial charge in [0, 0.05) is 13.7 Å². The fourth-order valence-corrected chi connectivity index (χ4v) is 1.51. The molecule has 86 valence electrons. The highest BCUT2D eigenvalue weighted by Gasteiger charge is 1.99. The number of nitrogens with zero attached hydrogens (tertiary/aromatic N) is 1. The van der Waals surface area contributed by atoms with Gasteiger partial charge in [-0.05, 0) is 51.7 Å². The highest BCUT2D eigenvalue weighted by molar-refractivity contribution is 4.54. The van der Waals surface area contributed by atoms with Crippen LogP contribution in [-0.2, 0) is 4.74 Å². The third-order valence-corrected chi connectivity index (χ3v) is 2.46. The van der Waals surface area contributed by atoms with Gasteiger partial charge in [0.1, 0.15) is 0 Å². The summed E-state index contributed by atoms with van der Waals surface area (Å²) in [5.74, 6) is 0.844. The van der Waals surface area contributed by atoms with Gasteiger partial charge in [0.15, 0.2) is 0 Å². The van der Waals surface area contributed by atoms with E-state index < -0.39 is 0 Å². The minimum atomic E-state index is 0.844. The molecule has 14 heavy (non-hydrogen) atoms. The second-order valence-corrected chi connectivity index (χ2v) is 4.54. The van der Waals surface area contributed by atoms with Gasteiger partial charge in [0.05, 0.1) is 0 Å². The van der Waals surface area contributed by atoms with Crippen molar-refractivity contribution in [3.63, 3.8) is 0 Å². The van der Waals surface area contributed by atoms with Crippen LogP contribution in [0.4, 0.5) is 0 Å². The molecule has 0 aliphatic rings. The molecular weight excluding hydrogens is 174 g/mol. The van der Waals surface area contributed by atoms with E-state index in [0.29, 0.717) is 0 Å². The third-order valence-electron chi connectivity index (χ3n) is 2.46. The predicted molar refractivity (Wildman–Crippen MR) is 62.7 cm³/mol. The van der Waals surface area contributed by atoms with Crippen molar-refractivity contribution in [1.29, 1.82) is 0 Å². The maximum Gasteiger partial charge on any atom is 0.0462 e. The van der Waals surface area contributed by atoms with Crippen LogP contribution in [0.3, 0.4) is 0 Å². The zero-order valence-corrected chi connectivity index (χ0v) is 10.4. The Labute approximate surface area is 89.6 Å². The summed E-state index contributed by atoms with van der Waals surface area (Å²) in [6, 6.07) is 0. The zero-order chi connectivity index (χ0) is 10.8. The van der Waals surface area contributed by atoms with Crippen LogP contribution in [0.25, 0.3) is 0 Å². The fourth-order valence-electron chi connectivity index (χ4n) is 1.51. The molecular formula is C12H27NO. The molecule has 0 fully saturated rings. The van der Waals surface area contributed by atoms with Crippen molar-refractivity contribution in [3.8, 4) is 0 Å². The Kier molecular flexibility index (Phi) is 9.42. The topological polar surface area (TPSA) is 12.5 Å². The summed E-state index contributed by atoms with van der Waals surface area (Å²) in [7, 11) is 3.99. The van der Waals surface area contributed by atoms with Gasteiger partial charge in [-0.1, -0.05) is 13.8 Å². The largest absolute Gasteiger partial charge is 0.385 e. The minimum absolute atomic E-state index is 0.844. The van der Waals surface area contributed by atoms with Crippen molar-refractivity contribution >= 4 is 0 Å². The number of methoxy groups -OCH3 is 1. The average molecular weight is 201 g/mol. The Hall–Kier alpha value is -0.0800. The molecule has 2 nitrogen and oxygen atoms in total. The van der Waals surface area contributed by atoms with Crippen LogP contribution < -0.4 is 0 Å². The molecule has 0 aromatic rings. The van der Waals surface area contributed by atoms with Crippen LogP contribution in [0.2, 0.25) is 0 Å². The molecule has 0 aromatic heterocycles. The van der Waals surface area contributed by atoms with E-state index in [-0.39, 0.29) is 0 Å². The lowest BCUT2D eigenvalue weighted by atomic mass is 10.1. The first-order valence-corrected chi connectivity index (χ1v) is 5.84. The molecule has 0 unspecified atom stereocenters. The summed E-state index contributed by atoms with van der Waals surface area (Å²) < 4.78 is 5.02. The van der Waals surface area contributed by atoms with Crippen molar-refractivity contribution in [2.24, 2.45) is 5.92 Å². The quantitative estimate of drug-likeness (QED) is 0.532. The summed E-state index contributed by atoms with van der Waals surface area (Å²) in [6.45, 7) is 7.93. The Bertz CT molecular complexity index is 115. The molecule has 0 radical (unpaired) electrons. The Balaban J connectivity index is 3.15. The van der Waals surface area contributed by atoms with Crippen LogP contribution in [0.1, 0.15) is 39.5 Å². The van der Waals surface area contributed by atoms with E-state index in [0.717, 1.165) is 12.5 Å². The van der Waals surface area contributed by atoms with Gasteiger partial charge < -0.3 is 9.64 Å². The van der Waals surface area contributed by atoms with E-state index in [1.165, 1.54) is 38.8 Å². The molecule has 0 aromatic carbocycles. The van der Waals surface area contributed by atoms with Crippen molar-refractivity contribution < 1.29 is 4.74 Å². The first kappa shape index (κ1) is 13.9. The summed E-state index contributed by atoms with van der Waals surface area (Å²) in [6.07, 6.45) is 5.12. The van der Waals surface area contributed by atoms with E-state index in [1.54, 1.807) is 7.11 Å². The van der Waals surface area contributed by atoms with Crippen molar-refractivity contribution in [3.05, 3.63) is 0 Å². The van der Waals surface area contributed by atoms with Crippen LogP contribution in [-0.4, -0.2) is 38.8 Å². The maximum absolute atomic E-state index is 5.02. The molecule has 0 bridgehead atoms. The van der Waals surface area contributed by atoms with Crippen molar-refractivity contribution in [2.75, 3.05) is 33.9 Å². The Morgan fingerprint density at radius 2 is 1.71 bits per heavy atom. The normalized spacial score (nSPS) is 11.6. The standard InChI is InChI=1S/C12H27NO/c1-12(2)8-7-10-13(3)9-5-6-11-14-4/h12H,5-11H2,1-4H3. The molecule has 0 saturated carbocycles. The monoisotopic (exact) mass is 201 g/mol. The molecule has 0 aliphatic heterocycles. The van der Waals surface area contributed by atoms with Gasteiger partial charge in [-0.2, -0.15) is 0 Å². The molecule has 0 rings (SSSR count). The smallest absolute Gasteiger partial charge is 0.0462 e. The lowest BCUT2D eigenvalue weighted by molar-refractivity contribution is 0.187. The fraction of sp³-hybridized carbons (Fsp3) is 1.00. The van der Waals surface area contributed by atoms with Gasteiger partial charge in [-0.15, -0.1) is 0 Å². The zero-order valence-electron chi connectivity index (χ0n) is 10.4. The van der Waals surface area contributed by atoms with Crippen LogP contribution in [0, 0.1) is 5.92 Å². The minimum Gasteiger partial charge on any atom is -0.385 e. The van der Waals surface area contributed by atoms with Crippen molar-refractivity contribution in [1.82, 2.24) is 4.90 Å². The highest BCUT2D eigenvalue weighted by atomic mass is 16.5. The second-order valence-electron chi connectivity index (χ2n) is 4.54. The lowest BCUT2D eigenvalue weighted by Gasteiger charge is -2.16. The number of hydrogen-bond donors (Lipinski definition) is 0. The molecule has 0 amide bonds. The first-order chi connectivity index (χ1) is 6.66. The molecule has 0 heterocycles. The predicted octanol–water partition coefficient (Wildman–Crippen LogP) is 2.78. The average Bonchev–Trinajstić information content (AvgIpc) is 2.12. The summed E-state index contributed by atoms with van der Waals surface area (Å²) in [4.78, 5) is 2.43. The van der Waals surface area contributed by atoms with E-state index in [9.17, 15) is 0 Å². The summed E-state index contributed by atoms with van der Waals surface area (Å²) >= 11 is 0. The van der Waals surface area contributed by atoms with Crippen LogP contribution in [0.5, 0.6) is 0 Å². The van der Waals surface area contributed by atoms with Crippen LogP contribution >= 0.6 is 0 Å². The van der Waals surface area contributed by atoms with E-state index in [1.807, 2.05) is 0 Å². The van der Waals surface area contributed by atoms with Crippen LogP contribution in [0.15, 0.2) is 0 Å². The van der Waals surface area contributed by atoms with Gasteiger partial charge in [0.25, 0.3) is 0 Å². The van der Waals surface area contributed by atoms with Gasteiger partial charge in [-0.25, -0.2) is 0 Å².